The number of hydrogen-bond acceptors (Lipinski definition) is 3. The van der Waals surface area contributed by atoms with E-state index in [2.05, 4.69) is 25.1 Å². The van der Waals surface area contributed by atoms with Crippen molar-refractivity contribution in [3.63, 3.8) is 0 Å². The topological polar surface area (TPSA) is 44.1 Å². The van der Waals surface area contributed by atoms with E-state index < -0.39 is 0 Å². The van der Waals surface area contributed by atoms with E-state index >= 15 is 0 Å². The molecule has 0 spiro atoms. The minimum absolute atomic E-state index is 0.143. The molecular formula is C21H38N2O2. The van der Waals surface area contributed by atoms with Crippen LogP contribution in [0.15, 0.2) is 12.4 Å². The molecule has 0 amide bonds. The van der Waals surface area contributed by atoms with Gasteiger partial charge in [0.25, 0.3) is 0 Å². The zero-order valence-corrected chi connectivity index (χ0v) is 16.6. The quantitative estimate of drug-likeness (QED) is 0.294. The van der Waals surface area contributed by atoms with E-state index in [4.69, 9.17) is 4.74 Å². The molecule has 0 aliphatic heterocycles. The molecule has 0 atom stereocenters. The Morgan fingerprint density at radius 2 is 1.68 bits per heavy atom. The SMILES string of the molecule is CCCCCCC(CCCCCC)c1cnn(CCC(=O)OCC)c1. The van der Waals surface area contributed by atoms with Crippen molar-refractivity contribution in [2.45, 2.75) is 104 Å². The van der Waals surface area contributed by atoms with Crippen molar-refractivity contribution in [3.8, 4) is 0 Å². The zero-order valence-electron chi connectivity index (χ0n) is 16.6. The van der Waals surface area contributed by atoms with Gasteiger partial charge >= 0.3 is 5.97 Å². The van der Waals surface area contributed by atoms with Gasteiger partial charge in [-0.1, -0.05) is 65.2 Å². The van der Waals surface area contributed by atoms with E-state index in [1.165, 1.54) is 69.8 Å². The molecule has 1 aromatic rings. The number of hydrogen-bond donors (Lipinski definition) is 0. The fraction of sp³-hybridized carbons (Fsp3) is 0.810. The van der Waals surface area contributed by atoms with Crippen LogP contribution in [0.4, 0.5) is 0 Å². The van der Waals surface area contributed by atoms with Crippen LogP contribution >= 0.6 is 0 Å². The van der Waals surface area contributed by atoms with E-state index in [1.54, 1.807) is 0 Å². The summed E-state index contributed by atoms with van der Waals surface area (Å²) >= 11 is 0. The van der Waals surface area contributed by atoms with Gasteiger partial charge in [-0.25, -0.2) is 0 Å². The molecule has 1 rings (SSSR count). The van der Waals surface area contributed by atoms with Crippen LogP contribution < -0.4 is 0 Å². The van der Waals surface area contributed by atoms with Gasteiger partial charge in [-0.15, -0.1) is 0 Å². The van der Waals surface area contributed by atoms with Crippen LogP contribution in [0.25, 0.3) is 0 Å². The van der Waals surface area contributed by atoms with Crippen molar-refractivity contribution in [2.24, 2.45) is 0 Å². The van der Waals surface area contributed by atoms with Crippen molar-refractivity contribution in [1.29, 1.82) is 0 Å². The Hall–Kier alpha value is -1.32. The molecule has 4 heteroatoms. The summed E-state index contributed by atoms with van der Waals surface area (Å²) in [6.45, 7) is 7.41. The highest BCUT2D eigenvalue weighted by Gasteiger charge is 2.14. The summed E-state index contributed by atoms with van der Waals surface area (Å²) in [6.07, 6.45) is 17.6. The summed E-state index contributed by atoms with van der Waals surface area (Å²) in [5, 5.41) is 4.47. The molecule has 0 aliphatic rings. The second-order valence-electron chi connectivity index (χ2n) is 6.99. The Morgan fingerprint density at radius 3 is 2.24 bits per heavy atom. The number of unbranched alkanes of at least 4 members (excludes halogenated alkanes) is 6. The highest BCUT2D eigenvalue weighted by atomic mass is 16.5. The first kappa shape index (κ1) is 21.7. The Bertz CT molecular complexity index is 445. The largest absolute Gasteiger partial charge is 0.466 e. The second kappa shape index (κ2) is 13.9. The Morgan fingerprint density at radius 1 is 1.04 bits per heavy atom. The first-order chi connectivity index (χ1) is 12.2. The molecule has 1 heterocycles. The molecule has 144 valence electrons. The third kappa shape index (κ3) is 9.66. The normalized spacial score (nSPS) is 11.2. The second-order valence-corrected chi connectivity index (χ2v) is 6.99. The smallest absolute Gasteiger partial charge is 0.307 e. The zero-order chi connectivity index (χ0) is 18.3. The van der Waals surface area contributed by atoms with Gasteiger partial charge in [-0.05, 0) is 31.2 Å². The van der Waals surface area contributed by atoms with Gasteiger partial charge < -0.3 is 4.74 Å². The highest BCUT2D eigenvalue weighted by Crippen LogP contribution is 2.28. The average molecular weight is 351 g/mol. The van der Waals surface area contributed by atoms with Crippen molar-refractivity contribution in [3.05, 3.63) is 18.0 Å². The van der Waals surface area contributed by atoms with Crippen LogP contribution in [-0.4, -0.2) is 22.4 Å². The lowest BCUT2D eigenvalue weighted by Crippen LogP contribution is -2.09. The number of aryl methyl sites for hydroxylation is 1. The van der Waals surface area contributed by atoms with Crippen LogP contribution in [0.3, 0.4) is 0 Å². The van der Waals surface area contributed by atoms with Crippen molar-refractivity contribution >= 4 is 5.97 Å². The van der Waals surface area contributed by atoms with Gasteiger partial charge in [0.15, 0.2) is 0 Å². The van der Waals surface area contributed by atoms with E-state index in [-0.39, 0.29) is 5.97 Å². The Balaban J connectivity index is 2.52. The lowest BCUT2D eigenvalue weighted by Gasteiger charge is -2.15. The van der Waals surface area contributed by atoms with Crippen LogP contribution in [0.1, 0.15) is 103 Å². The molecular weight excluding hydrogens is 312 g/mol. The monoisotopic (exact) mass is 350 g/mol. The molecule has 0 aromatic carbocycles. The van der Waals surface area contributed by atoms with E-state index in [0.29, 0.717) is 25.5 Å². The molecule has 0 saturated carbocycles. The average Bonchev–Trinajstić information content (AvgIpc) is 3.08. The number of carbonyl (C=O) groups excluding carboxylic acids is 1. The molecule has 0 saturated heterocycles. The minimum atomic E-state index is -0.143. The number of nitrogens with zero attached hydrogens (tertiary/aromatic N) is 2. The standard InChI is InChI=1S/C21H38N2O2/c1-4-7-9-11-13-19(14-12-10-8-5-2)20-17-22-23(18-20)16-15-21(24)25-6-3/h17-19H,4-16H2,1-3H3. The number of carbonyl (C=O) groups is 1. The van der Waals surface area contributed by atoms with E-state index in [9.17, 15) is 4.79 Å². The first-order valence-electron chi connectivity index (χ1n) is 10.4. The maximum absolute atomic E-state index is 11.5. The van der Waals surface area contributed by atoms with E-state index in [1.807, 2.05) is 17.8 Å². The highest BCUT2D eigenvalue weighted by molar-refractivity contribution is 5.69. The van der Waals surface area contributed by atoms with Gasteiger partial charge in [0.2, 0.25) is 0 Å². The summed E-state index contributed by atoms with van der Waals surface area (Å²) in [5.41, 5.74) is 1.34. The van der Waals surface area contributed by atoms with Gasteiger partial charge in [-0.2, -0.15) is 5.10 Å². The number of ether oxygens (including phenoxy) is 1. The summed E-state index contributed by atoms with van der Waals surface area (Å²) < 4.78 is 6.89. The number of rotatable bonds is 15. The maximum Gasteiger partial charge on any atom is 0.307 e. The minimum Gasteiger partial charge on any atom is -0.466 e. The Labute approximate surface area is 154 Å². The first-order valence-corrected chi connectivity index (χ1v) is 10.4. The molecule has 0 fully saturated rings. The summed E-state index contributed by atoms with van der Waals surface area (Å²) in [6, 6.07) is 0. The van der Waals surface area contributed by atoms with Crippen LogP contribution in [-0.2, 0) is 16.1 Å². The predicted octanol–water partition coefficient (Wildman–Crippen LogP) is 5.86. The third-order valence-corrected chi connectivity index (χ3v) is 4.79. The molecule has 0 radical (unpaired) electrons. The lowest BCUT2D eigenvalue weighted by atomic mass is 9.90. The van der Waals surface area contributed by atoms with Crippen LogP contribution in [0, 0.1) is 0 Å². The summed E-state index contributed by atoms with van der Waals surface area (Å²) in [5.74, 6) is 0.472. The summed E-state index contributed by atoms with van der Waals surface area (Å²) in [7, 11) is 0. The van der Waals surface area contributed by atoms with E-state index in [0.717, 1.165) is 0 Å². The number of esters is 1. The molecule has 25 heavy (non-hydrogen) atoms. The third-order valence-electron chi connectivity index (χ3n) is 4.79. The lowest BCUT2D eigenvalue weighted by molar-refractivity contribution is -0.143. The molecule has 0 unspecified atom stereocenters. The fourth-order valence-corrected chi connectivity index (χ4v) is 3.26. The van der Waals surface area contributed by atoms with Crippen molar-refractivity contribution < 1.29 is 9.53 Å². The molecule has 4 nitrogen and oxygen atoms in total. The van der Waals surface area contributed by atoms with Crippen LogP contribution in [0.5, 0.6) is 0 Å². The maximum atomic E-state index is 11.5. The van der Waals surface area contributed by atoms with Gasteiger partial charge in [0, 0.05) is 6.20 Å². The van der Waals surface area contributed by atoms with Crippen molar-refractivity contribution in [2.75, 3.05) is 6.61 Å². The Kier molecular flexibility index (Phi) is 12.1. The molecule has 0 N–H and O–H groups in total. The van der Waals surface area contributed by atoms with Gasteiger partial charge in [0.05, 0.1) is 25.8 Å². The van der Waals surface area contributed by atoms with Crippen LogP contribution in [0.2, 0.25) is 0 Å². The van der Waals surface area contributed by atoms with Gasteiger partial charge in [0.1, 0.15) is 0 Å². The van der Waals surface area contributed by atoms with Crippen molar-refractivity contribution in [1.82, 2.24) is 9.78 Å². The van der Waals surface area contributed by atoms with Gasteiger partial charge in [-0.3, -0.25) is 9.48 Å². The summed E-state index contributed by atoms with van der Waals surface area (Å²) in [4.78, 5) is 11.5. The molecule has 0 bridgehead atoms. The number of aromatic nitrogens is 2. The predicted molar refractivity (Wildman–Crippen MR) is 104 cm³/mol. The fourth-order valence-electron chi connectivity index (χ4n) is 3.26. The molecule has 1 aromatic heterocycles. The molecule has 0 aliphatic carbocycles.